The predicted octanol–water partition coefficient (Wildman–Crippen LogP) is 10.0. The number of para-hydroxylation sites is 1. The number of hydrogen-bond acceptors (Lipinski definition) is 4. The maximum atomic E-state index is 6.51. The number of hydrogen-bond donors (Lipinski definition) is 0. The molecule has 9 rings (SSSR count). The Morgan fingerprint density at radius 1 is 0.667 bits per heavy atom. The summed E-state index contributed by atoms with van der Waals surface area (Å²) in [6, 6.07) is 46.2. The van der Waals surface area contributed by atoms with E-state index >= 15 is 0 Å². The fourth-order valence-corrected chi connectivity index (χ4v) is 7.28. The van der Waals surface area contributed by atoms with E-state index in [-0.39, 0.29) is 32.2 Å². The topological polar surface area (TPSA) is 44.2 Å². The third-order valence-corrected chi connectivity index (χ3v) is 9.97. The molecule has 0 saturated carbocycles. The van der Waals surface area contributed by atoms with Gasteiger partial charge in [0, 0.05) is 43.7 Å². The molecular formula is C48H41BIrN2O2-2. The molecular weight excluding hydrogens is 840 g/mol. The van der Waals surface area contributed by atoms with Gasteiger partial charge in [-0.3, -0.25) is 0 Å². The normalized spacial score (nSPS) is 12.1. The molecule has 0 bridgehead atoms. The zero-order valence-electron chi connectivity index (χ0n) is 31.5. The number of aryl methyl sites for hydroxylation is 3. The van der Waals surface area contributed by atoms with Gasteiger partial charge < -0.3 is 19.4 Å². The zero-order chi connectivity index (χ0) is 36.7. The van der Waals surface area contributed by atoms with Crippen LogP contribution in [0.4, 0.5) is 0 Å². The summed E-state index contributed by atoms with van der Waals surface area (Å²) < 4.78 is 12.7. The average Bonchev–Trinajstić information content (AvgIpc) is 3.16. The monoisotopic (exact) mass is 881 g/mol. The van der Waals surface area contributed by atoms with Crippen molar-refractivity contribution in [1.29, 1.82) is 0 Å². The Balaban J connectivity index is 0.000000178. The first-order valence-electron chi connectivity index (χ1n) is 18.2. The van der Waals surface area contributed by atoms with E-state index in [0.29, 0.717) is 0 Å². The van der Waals surface area contributed by atoms with Crippen LogP contribution in [0.25, 0.3) is 33.6 Å². The minimum atomic E-state index is 0. The number of pyridine rings is 2. The van der Waals surface area contributed by atoms with Gasteiger partial charge in [0.2, 0.25) is 6.71 Å². The Morgan fingerprint density at radius 2 is 1.41 bits per heavy atom. The molecule has 4 heterocycles. The van der Waals surface area contributed by atoms with Crippen LogP contribution in [0.1, 0.15) is 43.0 Å². The van der Waals surface area contributed by atoms with Gasteiger partial charge in [-0.25, -0.2) is 0 Å². The van der Waals surface area contributed by atoms with Crippen LogP contribution >= 0.6 is 0 Å². The Bertz CT molecular complexity index is 2470. The van der Waals surface area contributed by atoms with E-state index < -0.39 is 0 Å². The van der Waals surface area contributed by atoms with Crippen molar-refractivity contribution in [3.8, 4) is 56.6 Å². The summed E-state index contributed by atoms with van der Waals surface area (Å²) in [5, 5.41) is 0. The predicted molar refractivity (Wildman–Crippen MR) is 218 cm³/mol. The second kappa shape index (κ2) is 15.2. The van der Waals surface area contributed by atoms with E-state index in [9.17, 15) is 0 Å². The summed E-state index contributed by atoms with van der Waals surface area (Å²) in [6.07, 6.45) is 4.81. The second-order valence-electron chi connectivity index (χ2n) is 15.2. The maximum absolute atomic E-state index is 6.51. The molecule has 0 amide bonds. The molecule has 269 valence electrons. The fraction of sp³-hybridized carbons (Fsp3) is 0.167. The first-order valence-corrected chi connectivity index (χ1v) is 18.2. The number of aromatic nitrogens is 2. The summed E-state index contributed by atoms with van der Waals surface area (Å²) in [7, 11) is 0. The Hall–Kier alpha value is -5.29. The van der Waals surface area contributed by atoms with Crippen molar-refractivity contribution in [2.75, 3.05) is 0 Å². The van der Waals surface area contributed by atoms with Gasteiger partial charge in [0.05, 0.1) is 0 Å². The smallest absolute Gasteiger partial charge is 0.241 e. The van der Waals surface area contributed by atoms with Gasteiger partial charge in [0.1, 0.15) is 17.2 Å². The van der Waals surface area contributed by atoms with Crippen molar-refractivity contribution in [2.24, 2.45) is 5.41 Å². The van der Waals surface area contributed by atoms with Gasteiger partial charge in [0.15, 0.2) is 0 Å². The standard InChI is InChI=1S/C28H23BNO2.C20H18N.Ir/c1-28(2,3)17-18-14-15-30-22(16-18)19-8-6-10-21-27(19)32-25-13-7-12-24-26(25)29(21)20-9-4-5-11-23(20)31-24;1-14-9-10-18(20-11-15(2)16(3)13-21-20)12-19(14)17-7-5-4-6-8-17;/h4-7,9-16H,17H2,1-3H3;4-9,11-13H,1-3H3;/q2*-1;. The van der Waals surface area contributed by atoms with Crippen LogP contribution in [0, 0.1) is 38.3 Å². The molecule has 2 aliphatic rings. The van der Waals surface area contributed by atoms with Gasteiger partial charge in [-0.05, 0) is 77.9 Å². The summed E-state index contributed by atoms with van der Waals surface area (Å²) in [4.78, 5) is 9.24. The van der Waals surface area contributed by atoms with Crippen LogP contribution in [0.2, 0.25) is 0 Å². The number of rotatable bonds is 4. The molecule has 0 spiro atoms. The molecule has 4 nitrogen and oxygen atoms in total. The van der Waals surface area contributed by atoms with Crippen molar-refractivity contribution in [1.82, 2.24) is 9.97 Å². The van der Waals surface area contributed by atoms with E-state index in [1.54, 1.807) is 0 Å². The molecule has 0 unspecified atom stereocenters. The number of ether oxygens (including phenoxy) is 2. The average molecular weight is 881 g/mol. The second-order valence-corrected chi connectivity index (χ2v) is 15.2. The molecule has 0 fully saturated rings. The van der Waals surface area contributed by atoms with Crippen LogP contribution in [0.5, 0.6) is 23.0 Å². The minimum absolute atomic E-state index is 0. The van der Waals surface area contributed by atoms with Crippen molar-refractivity contribution in [3.05, 3.63) is 162 Å². The molecule has 6 heteroatoms. The van der Waals surface area contributed by atoms with E-state index in [1.165, 1.54) is 33.4 Å². The quantitative estimate of drug-likeness (QED) is 0.131. The van der Waals surface area contributed by atoms with Gasteiger partial charge in [-0.15, -0.1) is 53.0 Å². The van der Waals surface area contributed by atoms with Gasteiger partial charge in [-0.2, -0.15) is 0 Å². The molecule has 5 aromatic carbocycles. The number of benzene rings is 5. The first-order chi connectivity index (χ1) is 25.6. The fourth-order valence-electron chi connectivity index (χ4n) is 7.28. The molecule has 2 aromatic heterocycles. The summed E-state index contributed by atoms with van der Waals surface area (Å²) in [5.41, 5.74) is 14.8. The Kier molecular flexibility index (Phi) is 10.4. The molecule has 0 saturated heterocycles. The zero-order valence-corrected chi connectivity index (χ0v) is 33.8. The van der Waals surface area contributed by atoms with Crippen molar-refractivity contribution in [3.63, 3.8) is 0 Å². The molecule has 0 N–H and O–H groups in total. The third kappa shape index (κ3) is 7.42. The third-order valence-electron chi connectivity index (χ3n) is 9.97. The molecule has 2 aliphatic heterocycles. The van der Waals surface area contributed by atoms with E-state index in [2.05, 4.69) is 131 Å². The van der Waals surface area contributed by atoms with E-state index in [0.717, 1.165) is 68.3 Å². The van der Waals surface area contributed by atoms with Crippen LogP contribution in [0.15, 0.2) is 128 Å². The molecule has 54 heavy (non-hydrogen) atoms. The van der Waals surface area contributed by atoms with Crippen molar-refractivity contribution in [2.45, 2.75) is 48.0 Å². The Morgan fingerprint density at radius 3 is 2.19 bits per heavy atom. The molecule has 0 aliphatic carbocycles. The minimum Gasteiger partial charge on any atom is -0.503 e. The Labute approximate surface area is 333 Å². The van der Waals surface area contributed by atoms with Crippen LogP contribution in [0.3, 0.4) is 0 Å². The summed E-state index contributed by atoms with van der Waals surface area (Å²) in [5.74, 6) is 3.42. The van der Waals surface area contributed by atoms with Crippen LogP contribution in [-0.4, -0.2) is 16.7 Å². The maximum Gasteiger partial charge on any atom is 0.241 e. The van der Waals surface area contributed by atoms with Crippen LogP contribution in [-0.2, 0) is 26.5 Å². The molecule has 0 atom stereocenters. The van der Waals surface area contributed by atoms with E-state index in [1.807, 2.05) is 54.9 Å². The van der Waals surface area contributed by atoms with Crippen LogP contribution < -0.4 is 25.9 Å². The first kappa shape index (κ1) is 37.0. The van der Waals surface area contributed by atoms with Gasteiger partial charge in [-0.1, -0.05) is 117 Å². The van der Waals surface area contributed by atoms with Crippen molar-refractivity contribution < 1.29 is 29.6 Å². The number of fused-ring (bicyclic) bond motifs is 4. The SMILES string of the molecule is CC(C)(C)Cc1ccnc(-c2[c-]ccc3c2Oc2cccc4c2B3c2ccccc2O4)c1.Cc1cnc(-c2[c-]cc(C)c(-c3ccccc3)c2)cc1C.[Ir]. The van der Waals surface area contributed by atoms with E-state index in [4.69, 9.17) is 14.5 Å². The summed E-state index contributed by atoms with van der Waals surface area (Å²) in [6.45, 7) is 13.1. The van der Waals surface area contributed by atoms with Gasteiger partial charge >= 0.3 is 0 Å². The molecule has 1 radical (unpaired) electrons. The molecule has 7 aromatic rings. The largest absolute Gasteiger partial charge is 0.503 e. The van der Waals surface area contributed by atoms with Crippen molar-refractivity contribution >= 4 is 23.1 Å². The van der Waals surface area contributed by atoms with Gasteiger partial charge in [0.25, 0.3) is 0 Å². The number of nitrogens with zero attached hydrogens (tertiary/aromatic N) is 2. The summed E-state index contributed by atoms with van der Waals surface area (Å²) >= 11 is 0.